The average molecular weight is 733 g/mol. The monoisotopic (exact) mass is 731 g/mol. The fourth-order valence-corrected chi connectivity index (χ4v) is 5.85. The number of imide groups is 2. The number of hydrogen-bond acceptors (Lipinski definition) is 6. The maximum atomic E-state index is 13.6. The number of urea groups is 1. The number of benzene rings is 4. The molecule has 1 heterocycles. The first-order valence-electron chi connectivity index (χ1n) is 13.8. The highest BCUT2D eigenvalue weighted by Gasteiger charge is 2.37. The molecule has 5 rings (SSSR count). The lowest BCUT2D eigenvalue weighted by Gasteiger charge is -2.26. The third kappa shape index (κ3) is 7.68. The minimum absolute atomic E-state index is 0.227. The zero-order valence-corrected chi connectivity index (χ0v) is 27.4. The number of barbiturate groups is 1. The molecule has 0 aliphatic carbocycles. The number of halogens is 2. The summed E-state index contributed by atoms with van der Waals surface area (Å²) in [4.78, 5) is 52.8. The molecule has 228 valence electrons. The molecular weight excluding hydrogens is 706 g/mol. The Bertz CT molecular complexity index is 1820. The van der Waals surface area contributed by atoms with E-state index in [-0.39, 0.29) is 23.6 Å². The van der Waals surface area contributed by atoms with Crippen LogP contribution in [-0.4, -0.2) is 30.4 Å². The molecule has 1 aliphatic rings. The van der Waals surface area contributed by atoms with Crippen LogP contribution in [-0.2, 0) is 21.0 Å². The normalized spacial score (nSPS) is 13.9. The van der Waals surface area contributed by atoms with E-state index < -0.39 is 23.8 Å². The zero-order valence-electron chi connectivity index (χ0n) is 24.2. The number of hydrogen-bond donors (Lipinski definition) is 2. The molecule has 0 atom stereocenters. The Kier molecular flexibility index (Phi) is 9.80. The van der Waals surface area contributed by atoms with Crippen molar-refractivity contribution in [2.75, 3.05) is 16.8 Å². The topological polar surface area (TPSA) is 114 Å². The minimum atomic E-state index is -0.880. The third-order valence-electron chi connectivity index (χ3n) is 6.92. The van der Waals surface area contributed by atoms with E-state index in [1.165, 1.54) is 6.08 Å². The molecule has 1 aliphatic heterocycles. The lowest BCUT2D eigenvalue weighted by atomic mass is 10.1. The SMILES string of the molecule is Cc1ccc(NC(=O)COc2c(Br)cc(Br)cc2/C=C2/C(=O)NC(=O)N(c3ccc(OCc4ccccc4)cc3)C2=O)cc1C. The van der Waals surface area contributed by atoms with Gasteiger partial charge in [0.05, 0.1) is 10.2 Å². The predicted molar refractivity (Wildman–Crippen MR) is 178 cm³/mol. The van der Waals surface area contributed by atoms with Crippen LogP contribution < -0.4 is 25.0 Å². The lowest BCUT2D eigenvalue weighted by Crippen LogP contribution is -2.54. The number of nitrogens with one attached hydrogen (secondary N) is 2. The molecule has 0 radical (unpaired) electrons. The number of ether oxygens (including phenoxy) is 2. The molecule has 0 saturated carbocycles. The summed E-state index contributed by atoms with van der Waals surface area (Å²) < 4.78 is 12.8. The standard InChI is InChI=1S/C34H27Br2N3O6/c1-20-8-9-25(14-21(20)2)37-30(40)19-45-31-23(15-24(35)17-29(31)36)16-28-32(41)38-34(43)39(33(28)42)26-10-12-27(13-11-26)44-18-22-6-4-3-5-7-22/h3-17H,18-19H2,1-2H3,(H,37,40)(H,38,41,43)/b28-16-. The Labute approximate surface area is 276 Å². The third-order valence-corrected chi connectivity index (χ3v) is 7.97. The first-order valence-corrected chi connectivity index (χ1v) is 15.3. The number of anilines is 2. The smallest absolute Gasteiger partial charge is 0.335 e. The molecule has 4 aromatic rings. The lowest BCUT2D eigenvalue weighted by molar-refractivity contribution is -0.122. The van der Waals surface area contributed by atoms with Crippen molar-refractivity contribution in [3.05, 3.63) is 122 Å². The van der Waals surface area contributed by atoms with E-state index in [0.717, 1.165) is 21.6 Å². The highest BCUT2D eigenvalue weighted by Crippen LogP contribution is 2.35. The van der Waals surface area contributed by atoms with Crippen LogP contribution in [0, 0.1) is 13.8 Å². The highest BCUT2D eigenvalue weighted by atomic mass is 79.9. The first kappa shape index (κ1) is 31.7. The van der Waals surface area contributed by atoms with E-state index >= 15 is 0 Å². The van der Waals surface area contributed by atoms with Crippen LogP contribution >= 0.6 is 31.9 Å². The van der Waals surface area contributed by atoms with Crippen LogP contribution in [0.3, 0.4) is 0 Å². The van der Waals surface area contributed by atoms with Gasteiger partial charge in [0.2, 0.25) is 0 Å². The second-order valence-corrected chi connectivity index (χ2v) is 11.9. The van der Waals surface area contributed by atoms with Crippen LogP contribution in [0.4, 0.5) is 16.2 Å². The van der Waals surface area contributed by atoms with Crippen molar-refractivity contribution >= 4 is 73.1 Å². The number of rotatable bonds is 9. The van der Waals surface area contributed by atoms with Crippen molar-refractivity contribution < 1.29 is 28.7 Å². The Morgan fingerprint density at radius 1 is 0.889 bits per heavy atom. The fraction of sp³-hybridized carbons (Fsp3) is 0.118. The number of amides is 5. The molecule has 0 aromatic heterocycles. The van der Waals surface area contributed by atoms with E-state index in [1.54, 1.807) is 42.5 Å². The van der Waals surface area contributed by atoms with Gasteiger partial charge in [0, 0.05) is 15.7 Å². The number of carbonyl (C=O) groups excluding carboxylic acids is 4. The van der Waals surface area contributed by atoms with Crippen molar-refractivity contribution in [3.63, 3.8) is 0 Å². The summed E-state index contributed by atoms with van der Waals surface area (Å²) in [6.07, 6.45) is 1.32. The number of carbonyl (C=O) groups is 4. The van der Waals surface area contributed by atoms with Crippen LogP contribution in [0.5, 0.6) is 11.5 Å². The molecule has 2 N–H and O–H groups in total. The molecule has 11 heteroatoms. The van der Waals surface area contributed by atoms with Crippen molar-refractivity contribution in [3.8, 4) is 11.5 Å². The zero-order chi connectivity index (χ0) is 32.1. The summed E-state index contributed by atoms with van der Waals surface area (Å²) in [5.41, 5.74) is 4.04. The molecule has 4 aromatic carbocycles. The van der Waals surface area contributed by atoms with Gasteiger partial charge in [0.25, 0.3) is 17.7 Å². The summed E-state index contributed by atoms with van der Waals surface area (Å²) in [7, 11) is 0. The van der Waals surface area contributed by atoms with E-state index in [2.05, 4.69) is 42.5 Å². The summed E-state index contributed by atoms with van der Waals surface area (Å²) in [5, 5.41) is 5.02. The van der Waals surface area contributed by atoms with Gasteiger partial charge in [-0.25, -0.2) is 9.69 Å². The van der Waals surface area contributed by atoms with Gasteiger partial charge in [-0.2, -0.15) is 0 Å². The molecule has 0 bridgehead atoms. The van der Waals surface area contributed by atoms with Crippen molar-refractivity contribution in [2.24, 2.45) is 0 Å². The first-order chi connectivity index (χ1) is 21.6. The van der Waals surface area contributed by atoms with Gasteiger partial charge in [0.1, 0.15) is 23.7 Å². The minimum Gasteiger partial charge on any atom is -0.489 e. The second kappa shape index (κ2) is 13.9. The molecule has 1 saturated heterocycles. The molecule has 5 amide bonds. The van der Waals surface area contributed by atoms with Gasteiger partial charge in [-0.1, -0.05) is 52.3 Å². The molecule has 0 spiro atoms. The molecule has 0 unspecified atom stereocenters. The summed E-state index contributed by atoms with van der Waals surface area (Å²) in [6.45, 7) is 3.95. The quantitative estimate of drug-likeness (QED) is 0.140. The van der Waals surface area contributed by atoms with Gasteiger partial charge in [-0.3, -0.25) is 19.7 Å². The van der Waals surface area contributed by atoms with Gasteiger partial charge in [-0.05, 0) is 101 Å². The van der Waals surface area contributed by atoms with E-state index in [9.17, 15) is 19.2 Å². The van der Waals surface area contributed by atoms with E-state index in [0.29, 0.717) is 32.6 Å². The predicted octanol–water partition coefficient (Wildman–Crippen LogP) is 7.09. The Morgan fingerprint density at radius 3 is 2.33 bits per heavy atom. The summed E-state index contributed by atoms with van der Waals surface area (Å²) in [5.74, 6) is -1.31. The second-order valence-electron chi connectivity index (χ2n) is 10.2. The van der Waals surface area contributed by atoms with Crippen molar-refractivity contribution in [2.45, 2.75) is 20.5 Å². The molecule has 9 nitrogen and oxygen atoms in total. The Balaban J connectivity index is 1.34. The van der Waals surface area contributed by atoms with Gasteiger partial charge in [-0.15, -0.1) is 0 Å². The van der Waals surface area contributed by atoms with Crippen LogP contribution in [0.15, 0.2) is 99.4 Å². The van der Waals surface area contributed by atoms with Crippen molar-refractivity contribution in [1.82, 2.24) is 5.32 Å². The van der Waals surface area contributed by atoms with E-state index in [1.807, 2.05) is 56.3 Å². The van der Waals surface area contributed by atoms with Crippen molar-refractivity contribution in [1.29, 1.82) is 0 Å². The van der Waals surface area contributed by atoms with Crippen LogP contribution in [0.1, 0.15) is 22.3 Å². The van der Waals surface area contributed by atoms with Gasteiger partial charge in [0.15, 0.2) is 6.61 Å². The van der Waals surface area contributed by atoms with Gasteiger partial charge >= 0.3 is 6.03 Å². The summed E-state index contributed by atoms with van der Waals surface area (Å²) in [6, 6.07) is 24.1. The largest absolute Gasteiger partial charge is 0.489 e. The van der Waals surface area contributed by atoms with Gasteiger partial charge < -0.3 is 14.8 Å². The van der Waals surface area contributed by atoms with Crippen LogP contribution in [0.2, 0.25) is 0 Å². The molecule has 45 heavy (non-hydrogen) atoms. The molecule has 1 fully saturated rings. The van der Waals surface area contributed by atoms with E-state index in [4.69, 9.17) is 9.47 Å². The Hall–Kier alpha value is -4.74. The maximum absolute atomic E-state index is 13.6. The maximum Gasteiger partial charge on any atom is 0.335 e. The number of nitrogens with zero attached hydrogens (tertiary/aromatic N) is 1. The Morgan fingerprint density at radius 2 is 1.62 bits per heavy atom. The fourth-order valence-electron chi connectivity index (χ4n) is 4.47. The summed E-state index contributed by atoms with van der Waals surface area (Å²) >= 11 is 6.86. The highest BCUT2D eigenvalue weighted by molar-refractivity contribution is 9.11. The van der Waals surface area contributed by atoms with Crippen LogP contribution in [0.25, 0.3) is 6.08 Å². The average Bonchev–Trinajstić information content (AvgIpc) is 3.00. The number of aryl methyl sites for hydroxylation is 2. The molecular formula is C34H27Br2N3O6.